The van der Waals surface area contributed by atoms with Crippen LogP contribution in [-0.2, 0) is 14.8 Å². The number of para-hydroxylation sites is 1. The van der Waals surface area contributed by atoms with E-state index < -0.39 is 10.0 Å². The average Bonchev–Trinajstić information content (AvgIpc) is 2.82. The van der Waals surface area contributed by atoms with Crippen molar-refractivity contribution in [1.29, 1.82) is 0 Å². The second-order valence-corrected chi connectivity index (χ2v) is 6.12. The number of hydrogen-bond donors (Lipinski definition) is 2. The number of nitrogens with one attached hydrogen (secondary N) is 1. The molecule has 1 fully saturated rings. The molecule has 0 bridgehead atoms. The van der Waals surface area contributed by atoms with Gasteiger partial charge in [0, 0.05) is 19.8 Å². The molecule has 0 aliphatic carbocycles. The third kappa shape index (κ3) is 3.22. The third-order valence-electron chi connectivity index (χ3n) is 3.02. The Hall–Kier alpha value is -1.11. The minimum absolute atomic E-state index is 0.0762. The van der Waals surface area contributed by atoms with Gasteiger partial charge in [0.1, 0.15) is 10.6 Å². The molecule has 2 rings (SSSR count). The summed E-state index contributed by atoms with van der Waals surface area (Å²) in [6, 6.07) is 5.92. The Balaban J connectivity index is 1.93. The Morgan fingerprint density at radius 3 is 2.83 bits per heavy atom. The summed E-state index contributed by atoms with van der Waals surface area (Å²) in [5.74, 6) is 0.200. The molecule has 1 aromatic carbocycles. The van der Waals surface area contributed by atoms with Gasteiger partial charge in [0.2, 0.25) is 10.0 Å². The van der Waals surface area contributed by atoms with Crippen LogP contribution in [0, 0.1) is 5.92 Å². The molecule has 1 aromatic rings. The van der Waals surface area contributed by atoms with Crippen molar-refractivity contribution >= 4 is 10.0 Å². The molecule has 1 aliphatic rings. The largest absolute Gasteiger partial charge is 0.507 e. The lowest BCUT2D eigenvalue weighted by atomic mass is 10.1. The predicted molar refractivity (Wildman–Crippen MR) is 66.8 cm³/mol. The Morgan fingerprint density at radius 1 is 1.39 bits per heavy atom. The topological polar surface area (TPSA) is 75.6 Å². The van der Waals surface area contributed by atoms with Gasteiger partial charge < -0.3 is 9.84 Å². The first-order chi connectivity index (χ1) is 8.59. The van der Waals surface area contributed by atoms with Crippen molar-refractivity contribution in [2.75, 3.05) is 19.8 Å². The number of hydrogen-bond acceptors (Lipinski definition) is 4. The molecule has 0 saturated carbocycles. The highest BCUT2D eigenvalue weighted by Crippen LogP contribution is 2.21. The molecule has 0 spiro atoms. The van der Waals surface area contributed by atoms with Crippen molar-refractivity contribution in [3.05, 3.63) is 24.3 Å². The molecule has 0 aromatic heterocycles. The molecule has 1 unspecified atom stereocenters. The van der Waals surface area contributed by atoms with Gasteiger partial charge in [0.05, 0.1) is 0 Å². The SMILES string of the molecule is O=S(=O)(NCCC1CCOC1)c1ccccc1O. The van der Waals surface area contributed by atoms with E-state index in [2.05, 4.69) is 4.72 Å². The zero-order chi connectivity index (χ0) is 13.0. The van der Waals surface area contributed by atoms with E-state index >= 15 is 0 Å². The van der Waals surface area contributed by atoms with Crippen LogP contribution in [0.15, 0.2) is 29.2 Å². The summed E-state index contributed by atoms with van der Waals surface area (Å²) in [5.41, 5.74) is 0. The van der Waals surface area contributed by atoms with Crippen LogP contribution in [0.3, 0.4) is 0 Å². The van der Waals surface area contributed by atoms with E-state index in [1.807, 2.05) is 0 Å². The molecular weight excluding hydrogens is 254 g/mol. The van der Waals surface area contributed by atoms with E-state index in [9.17, 15) is 13.5 Å². The van der Waals surface area contributed by atoms with Crippen molar-refractivity contribution < 1.29 is 18.3 Å². The van der Waals surface area contributed by atoms with Crippen LogP contribution >= 0.6 is 0 Å². The number of phenolic OH excluding ortho intramolecular Hbond substituents is 1. The van der Waals surface area contributed by atoms with Crippen LogP contribution < -0.4 is 4.72 Å². The van der Waals surface area contributed by atoms with Crippen molar-refractivity contribution in [3.63, 3.8) is 0 Å². The summed E-state index contributed by atoms with van der Waals surface area (Å²) in [7, 11) is -3.62. The highest BCUT2D eigenvalue weighted by Gasteiger charge is 2.19. The first kappa shape index (κ1) is 13.3. The second-order valence-electron chi connectivity index (χ2n) is 4.38. The summed E-state index contributed by atoms with van der Waals surface area (Å²) in [6.07, 6.45) is 1.74. The first-order valence-electron chi connectivity index (χ1n) is 5.95. The van der Waals surface area contributed by atoms with Gasteiger partial charge in [-0.05, 0) is 30.9 Å². The maximum Gasteiger partial charge on any atom is 0.244 e. The fraction of sp³-hybridized carbons (Fsp3) is 0.500. The summed E-state index contributed by atoms with van der Waals surface area (Å²) in [5, 5.41) is 9.52. The van der Waals surface area contributed by atoms with Gasteiger partial charge in [0.25, 0.3) is 0 Å². The van der Waals surface area contributed by atoms with Gasteiger partial charge in [-0.2, -0.15) is 0 Å². The molecule has 6 heteroatoms. The lowest BCUT2D eigenvalue weighted by Crippen LogP contribution is -2.26. The zero-order valence-corrected chi connectivity index (χ0v) is 10.8. The number of sulfonamides is 1. The van der Waals surface area contributed by atoms with Crippen molar-refractivity contribution in [3.8, 4) is 5.75 Å². The van der Waals surface area contributed by atoms with Gasteiger partial charge in [-0.25, -0.2) is 13.1 Å². The summed E-state index contributed by atoms with van der Waals surface area (Å²) in [6.45, 7) is 1.83. The standard InChI is InChI=1S/C12H17NO4S/c14-11-3-1-2-4-12(11)18(15,16)13-7-5-10-6-8-17-9-10/h1-4,10,13-14H,5-9H2. The summed E-state index contributed by atoms with van der Waals surface area (Å²) in [4.78, 5) is -0.0762. The fourth-order valence-electron chi connectivity index (χ4n) is 1.97. The Labute approximate surface area is 107 Å². The maximum atomic E-state index is 11.9. The second kappa shape index (κ2) is 5.69. The molecule has 18 heavy (non-hydrogen) atoms. The molecule has 1 saturated heterocycles. The van der Waals surface area contributed by atoms with Crippen molar-refractivity contribution in [2.24, 2.45) is 5.92 Å². The van der Waals surface area contributed by atoms with Gasteiger partial charge in [-0.1, -0.05) is 12.1 Å². The third-order valence-corrected chi connectivity index (χ3v) is 4.53. The minimum atomic E-state index is -3.62. The van der Waals surface area contributed by atoms with Gasteiger partial charge in [-0.3, -0.25) is 0 Å². The minimum Gasteiger partial charge on any atom is -0.507 e. The van der Waals surface area contributed by atoms with Crippen molar-refractivity contribution in [2.45, 2.75) is 17.7 Å². The predicted octanol–water partition coefficient (Wildman–Crippen LogP) is 1.10. The lowest BCUT2D eigenvalue weighted by Gasteiger charge is -2.10. The van der Waals surface area contributed by atoms with Crippen LogP contribution in [-0.4, -0.2) is 33.3 Å². The lowest BCUT2D eigenvalue weighted by molar-refractivity contribution is 0.184. The molecular formula is C12H17NO4S. The van der Waals surface area contributed by atoms with E-state index in [1.165, 1.54) is 12.1 Å². The molecule has 1 heterocycles. The number of rotatable bonds is 5. The Kier molecular flexibility index (Phi) is 4.21. The molecule has 100 valence electrons. The molecule has 0 radical (unpaired) electrons. The van der Waals surface area contributed by atoms with Crippen LogP contribution in [0.5, 0.6) is 5.75 Å². The molecule has 5 nitrogen and oxygen atoms in total. The molecule has 0 amide bonds. The van der Waals surface area contributed by atoms with Crippen LogP contribution in [0.2, 0.25) is 0 Å². The normalized spacial score (nSPS) is 20.1. The highest BCUT2D eigenvalue weighted by molar-refractivity contribution is 7.89. The fourth-order valence-corrected chi connectivity index (χ4v) is 3.11. The zero-order valence-electron chi connectivity index (χ0n) is 10.0. The summed E-state index contributed by atoms with van der Waals surface area (Å²) >= 11 is 0. The van der Waals surface area contributed by atoms with E-state index in [1.54, 1.807) is 12.1 Å². The number of ether oxygens (including phenoxy) is 1. The number of phenols is 1. The molecule has 1 aliphatic heterocycles. The highest BCUT2D eigenvalue weighted by atomic mass is 32.2. The first-order valence-corrected chi connectivity index (χ1v) is 7.43. The monoisotopic (exact) mass is 271 g/mol. The Bertz CT molecular complexity index is 495. The van der Waals surface area contributed by atoms with Crippen LogP contribution in [0.4, 0.5) is 0 Å². The number of benzene rings is 1. The maximum absolute atomic E-state index is 11.9. The van der Waals surface area contributed by atoms with E-state index in [0.29, 0.717) is 19.1 Å². The van der Waals surface area contributed by atoms with Crippen molar-refractivity contribution in [1.82, 2.24) is 4.72 Å². The Morgan fingerprint density at radius 2 is 2.17 bits per heavy atom. The quantitative estimate of drug-likeness (QED) is 0.841. The van der Waals surface area contributed by atoms with Gasteiger partial charge in [-0.15, -0.1) is 0 Å². The number of aromatic hydroxyl groups is 1. The van der Waals surface area contributed by atoms with Gasteiger partial charge in [0.15, 0.2) is 0 Å². The average molecular weight is 271 g/mol. The van der Waals surface area contributed by atoms with E-state index in [-0.39, 0.29) is 10.6 Å². The van der Waals surface area contributed by atoms with Gasteiger partial charge >= 0.3 is 0 Å². The van der Waals surface area contributed by atoms with Crippen LogP contribution in [0.25, 0.3) is 0 Å². The smallest absolute Gasteiger partial charge is 0.244 e. The van der Waals surface area contributed by atoms with E-state index in [4.69, 9.17) is 4.74 Å². The molecule has 1 atom stereocenters. The molecule has 2 N–H and O–H groups in total. The van der Waals surface area contributed by atoms with E-state index in [0.717, 1.165) is 19.4 Å². The summed E-state index contributed by atoms with van der Waals surface area (Å²) < 4.78 is 31.6. The van der Waals surface area contributed by atoms with Crippen LogP contribution in [0.1, 0.15) is 12.8 Å².